The molecule has 3 amide bonds. The third-order valence-electron chi connectivity index (χ3n) is 7.78. The van der Waals surface area contributed by atoms with Gasteiger partial charge in [0, 0.05) is 37.2 Å². The number of fused-ring (bicyclic) bond motifs is 7. The van der Waals surface area contributed by atoms with Gasteiger partial charge in [-0.3, -0.25) is 14.4 Å². The van der Waals surface area contributed by atoms with Crippen LogP contribution in [0.4, 0.5) is 0 Å². The molecular weight excluding hydrogens is 564 g/mol. The van der Waals surface area contributed by atoms with Crippen LogP contribution in [0.25, 0.3) is 11.1 Å². The fourth-order valence-electron chi connectivity index (χ4n) is 5.40. The highest BCUT2D eigenvalue weighted by molar-refractivity contribution is 5.97. The molecule has 1 fully saturated rings. The zero-order chi connectivity index (χ0) is 30.6. The number of aryl methyl sites for hydroxylation is 1. The number of carbonyl (C=O) groups excluding carboxylic acids is 3. The van der Waals surface area contributed by atoms with Crippen molar-refractivity contribution in [1.29, 1.82) is 0 Å². The minimum atomic E-state index is -0.528. The van der Waals surface area contributed by atoms with Gasteiger partial charge in [0.05, 0.1) is 13.2 Å². The summed E-state index contributed by atoms with van der Waals surface area (Å²) in [6, 6.07) is 19.3. The van der Waals surface area contributed by atoms with Gasteiger partial charge in [-0.1, -0.05) is 24.3 Å². The van der Waals surface area contributed by atoms with Gasteiger partial charge in [0.1, 0.15) is 29.1 Å². The number of carbonyl (C=O) groups is 3. The maximum atomic E-state index is 13.7. The first kappa shape index (κ1) is 28.8. The van der Waals surface area contributed by atoms with E-state index in [4.69, 9.17) is 18.6 Å². The Morgan fingerprint density at radius 1 is 1.02 bits per heavy atom. The molecule has 0 unspecified atom stereocenters. The van der Waals surface area contributed by atoms with E-state index in [1.54, 1.807) is 49.3 Å². The van der Waals surface area contributed by atoms with Gasteiger partial charge in [0.25, 0.3) is 17.7 Å². The highest BCUT2D eigenvalue weighted by atomic mass is 16.5. The van der Waals surface area contributed by atoms with E-state index >= 15 is 0 Å². The number of hydrogen-bond donors (Lipinski definition) is 2. The van der Waals surface area contributed by atoms with Gasteiger partial charge in [0.15, 0.2) is 18.7 Å². The molecule has 226 valence electrons. The van der Waals surface area contributed by atoms with Crippen molar-refractivity contribution in [1.82, 2.24) is 20.5 Å². The fraction of sp³-hybridized carbons (Fsp3) is 0.273. The predicted octanol–water partition coefficient (Wildman–Crippen LogP) is 3.76. The van der Waals surface area contributed by atoms with E-state index < -0.39 is 12.1 Å². The molecule has 1 aromatic heterocycles. The van der Waals surface area contributed by atoms with Crippen LogP contribution in [0.1, 0.15) is 38.6 Å². The maximum absolute atomic E-state index is 13.7. The van der Waals surface area contributed by atoms with E-state index in [2.05, 4.69) is 15.6 Å². The van der Waals surface area contributed by atoms with E-state index in [0.717, 1.165) is 11.1 Å². The monoisotopic (exact) mass is 596 g/mol. The number of methoxy groups -OCH3 is 1. The lowest BCUT2D eigenvalue weighted by Crippen LogP contribution is -2.58. The second-order valence-electron chi connectivity index (χ2n) is 10.7. The molecule has 0 aliphatic carbocycles. The molecule has 44 heavy (non-hydrogen) atoms. The number of likely N-dealkylation sites (tertiary alicyclic amines) is 1. The van der Waals surface area contributed by atoms with Crippen molar-refractivity contribution in [3.8, 4) is 28.4 Å². The number of benzene rings is 3. The molecule has 0 saturated carbocycles. The van der Waals surface area contributed by atoms with Crippen LogP contribution in [0.15, 0.2) is 77.5 Å². The van der Waals surface area contributed by atoms with Gasteiger partial charge >= 0.3 is 0 Å². The van der Waals surface area contributed by atoms with Crippen molar-refractivity contribution in [2.45, 2.75) is 32.0 Å². The van der Waals surface area contributed by atoms with Crippen molar-refractivity contribution in [2.75, 3.05) is 26.8 Å². The van der Waals surface area contributed by atoms with Crippen LogP contribution in [0.2, 0.25) is 0 Å². The van der Waals surface area contributed by atoms with E-state index in [1.165, 1.54) is 6.39 Å². The van der Waals surface area contributed by atoms with Gasteiger partial charge in [-0.25, -0.2) is 4.98 Å². The summed E-state index contributed by atoms with van der Waals surface area (Å²) in [5, 5.41) is 5.99. The Balaban J connectivity index is 1.34. The predicted molar refractivity (Wildman–Crippen MR) is 160 cm³/mol. The molecule has 11 heteroatoms. The molecule has 7 rings (SSSR count). The van der Waals surface area contributed by atoms with Crippen molar-refractivity contribution >= 4 is 17.7 Å². The SMILES string of the molecule is COc1ccc2cc1-c1cccc(c1)OCC(=O)NCc1ccc(cc1)O[C@@H]1CCN(C(=O)c3ncoc3C)C[C@H]1NC2=O. The van der Waals surface area contributed by atoms with Gasteiger partial charge in [-0.05, 0) is 60.5 Å². The van der Waals surface area contributed by atoms with Crippen LogP contribution in [0.5, 0.6) is 17.2 Å². The summed E-state index contributed by atoms with van der Waals surface area (Å²) in [4.78, 5) is 45.3. The number of nitrogens with one attached hydrogen (secondary N) is 2. The number of rotatable bonds is 2. The van der Waals surface area contributed by atoms with Crippen molar-refractivity contribution < 1.29 is 33.0 Å². The summed E-state index contributed by atoms with van der Waals surface area (Å²) in [7, 11) is 1.56. The molecule has 4 aromatic rings. The molecule has 6 bridgehead atoms. The van der Waals surface area contributed by atoms with E-state index in [9.17, 15) is 14.4 Å². The first-order chi connectivity index (χ1) is 21.4. The Morgan fingerprint density at radius 3 is 2.64 bits per heavy atom. The van der Waals surface area contributed by atoms with Gasteiger partial charge in [-0.2, -0.15) is 0 Å². The molecule has 3 aliphatic rings. The number of oxazole rings is 1. The van der Waals surface area contributed by atoms with Crippen molar-refractivity contribution in [2.24, 2.45) is 0 Å². The Bertz CT molecular complexity index is 1680. The Labute approximate surface area is 254 Å². The van der Waals surface area contributed by atoms with Crippen molar-refractivity contribution in [3.63, 3.8) is 0 Å². The van der Waals surface area contributed by atoms with E-state index in [1.807, 2.05) is 36.4 Å². The first-order valence-corrected chi connectivity index (χ1v) is 14.3. The first-order valence-electron chi connectivity index (χ1n) is 14.3. The molecule has 1 saturated heterocycles. The third kappa shape index (κ3) is 6.22. The zero-order valence-electron chi connectivity index (χ0n) is 24.4. The number of nitrogens with zero attached hydrogens (tertiary/aromatic N) is 2. The number of aromatic nitrogens is 1. The van der Waals surface area contributed by atoms with Crippen LogP contribution < -0.4 is 24.8 Å². The van der Waals surface area contributed by atoms with E-state index in [0.29, 0.717) is 53.6 Å². The average Bonchev–Trinajstić information content (AvgIpc) is 3.48. The topological polar surface area (TPSA) is 132 Å². The largest absolute Gasteiger partial charge is 0.496 e. The highest BCUT2D eigenvalue weighted by Gasteiger charge is 2.36. The summed E-state index contributed by atoms with van der Waals surface area (Å²) in [6.07, 6.45) is 1.31. The van der Waals surface area contributed by atoms with Gasteiger partial charge in [0.2, 0.25) is 0 Å². The summed E-state index contributed by atoms with van der Waals surface area (Å²) < 4.78 is 23.0. The lowest BCUT2D eigenvalue weighted by molar-refractivity contribution is -0.123. The molecule has 2 atom stereocenters. The van der Waals surface area contributed by atoms with Gasteiger partial charge < -0.3 is 34.2 Å². The zero-order valence-corrected chi connectivity index (χ0v) is 24.4. The molecule has 4 heterocycles. The van der Waals surface area contributed by atoms with Crippen LogP contribution in [-0.4, -0.2) is 66.6 Å². The minimum absolute atomic E-state index is 0.150. The average molecular weight is 597 g/mol. The number of ether oxygens (including phenoxy) is 3. The Morgan fingerprint density at radius 2 is 1.86 bits per heavy atom. The lowest BCUT2D eigenvalue weighted by atomic mass is 9.99. The standard InChI is InChI=1S/C33H32N4O7/c1-20-31(35-19-43-20)33(40)37-13-12-29-27(17-37)36-32(39)23-8-11-28(41-2)26(15-23)22-4-3-5-25(14-22)42-18-30(38)34-16-21-6-9-24(44-29)10-7-21/h3-11,14-15,19,27,29H,12-13,16-18H2,1-2H3,(H,34,38)(H,36,39)/t27-,29-/m1/s1. The van der Waals surface area contributed by atoms with Crippen molar-refractivity contribution in [3.05, 3.63) is 95.7 Å². The molecule has 2 N–H and O–H groups in total. The molecule has 0 radical (unpaired) electrons. The van der Waals surface area contributed by atoms with Gasteiger partial charge in [-0.15, -0.1) is 0 Å². The Kier molecular flexibility index (Phi) is 8.18. The molecule has 3 aromatic carbocycles. The summed E-state index contributed by atoms with van der Waals surface area (Å²) in [5.74, 6) is 1.27. The number of amides is 3. The van der Waals surface area contributed by atoms with Crippen LogP contribution in [0.3, 0.4) is 0 Å². The number of piperidine rings is 1. The minimum Gasteiger partial charge on any atom is -0.496 e. The third-order valence-corrected chi connectivity index (χ3v) is 7.78. The summed E-state index contributed by atoms with van der Waals surface area (Å²) in [5.41, 5.74) is 2.97. The number of hydrogen-bond acceptors (Lipinski definition) is 8. The Hall–Kier alpha value is -5.32. The molecule has 11 nitrogen and oxygen atoms in total. The molecular formula is C33H32N4O7. The quantitative estimate of drug-likeness (QED) is 0.358. The smallest absolute Gasteiger partial charge is 0.276 e. The highest BCUT2D eigenvalue weighted by Crippen LogP contribution is 2.33. The second-order valence-corrected chi connectivity index (χ2v) is 10.7. The van der Waals surface area contributed by atoms with Crippen LogP contribution in [-0.2, 0) is 11.3 Å². The molecule has 0 spiro atoms. The van der Waals surface area contributed by atoms with E-state index in [-0.39, 0.29) is 36.6 Å². The summed E-state index contributed by atoms with van der Waals surface area (Å²) in [6.45, 7) is 2.50. The van der Waals surface area contributed by atoms with Crippen LogP contribution >= 0.6 is 0 Å². The maximum Gasteiger partial charge on any atom is 0.276 e. The summed E-state index contributed by atoms with van der Waals surface area (Å²) >= 11 is 0. The lowest BCUT2D eigenvalue weighted by Gasteiger charge is -2.38. The normalized spacial score (nSPS) is 18.6. The van der Waals surface area contributed by atoms with Crippen LogP contribution in [0, 0.1) is 6.92 Å². The second kappa shape index (κ2) is 12.5. The fourth-order valence-corrected chi connectivity index (χ4v) is 5.40. The molecule has 3 aliphatic heterocycles.